The van der Waals surface area contributed by atoms with Gasteiger partial charge >= 0.3 is 0 Å². The van der Waals surface area contributed by atoms with Gasteiger partial charge in [-0.25, -0.2) is 0 Å². The maximum Gasteiger partial charge on any atom is 0.251 e. The molecule has 0 aromatic rings. The average Bonchev–Trinajstić information content (AvgIpc) is 2.32. The van der Waals surface area contributed by atoms with Crippen LogP contribution in [0.15, 0.2) is 11.1 Å². The molecule has 1 amide bonds. The molecule has 1 rings (SSSR count). The van der Waals surface area contributed by atoms with E-state index in [0.717, 1.165) is 24.1 Å². The number of ether oxygens (including phenoxy) is 1. The second-order valence-electron chi connectivity index (χ2n) is 3.39. The average molecular weight is 183 g/mol. The molecule has 3 nitrogen and oxygen atoms in total. The van der Waals surface area contributed by atoms with Crippen LogP contribution in [0.2, 0.25) is 0 Å². The zero-order valence-corrected chi connectivity index (χ0v) is 8.76. The Hall–Kier alpha value is -0.830. The first-order valence-corrected chi connectivity index (χ1v) is 4.64. The number of amides is 1. The molecule has 1 atom stereocenters. The molecule has 13 heavy (non-hydrogen) atoms. The van der Waals surface area contributed by atoms with Crippen LogP contribution >= 0.6 is 0 Å². The molecule has 0 spiro atoms. The molecule has 0 aromatic carbocycles. The standard InChI is InChI=1S/C10H17NO2/c1-5-6-11-9(12)7(2)8(3)10(11)13-4/h10H,5-6H2,1-4H3/t10-/m1/s1. The lowest BCUT2D eigenvalue weighted by molar-refractivity contribution is -0.133. The Morgan fingerprint density at radius 3 is 2.54 bits per heavy atom. The molecule has 1 aliphatic rings. The van der Waals surface area contributed by atoms with Crippen LogP contribution in [0.5, 0.6) is 0 Å². The highest BCUT2D eigenvalue weighted by Gasteiger charge is 2.33. The van der Waals surface area contributed by atoms with Gasteiger partial charge in [0, 0.05) is 19.2 Å². The lowest BCUT2D eigenvalue weighted by atomic mass is 10.2. The van der Waals surface area contributed by atoms with E-state index < -0.39 is 0 Å². The van der Waals surface area contributed by atoms with Crippen molar-refractivity contribution in [3.8, 4) is 0 Å². The third-order valence-electron chi connectivity index (χ3n) is 2.51. The van der Waals surface area contributed by atoms with Crippen LogP contribution in [0.3, 0.4) is 0 Å². The van der Waals surface area contributed by atoms with E-state index in [9.17, 15) is 4.79 Å². The number of rotatable bonds is 3. The number of carbonyl (C=O) groups is 1. The van der Waals surface area contributed by atoms with E-state index >= 15 is 0 Å². The van der Waals surface area contributed by atoms with E-state index in [1.165, 1.54) is 0 Å². The van der Waals surface area contributed by atoms with Crippen LogP contribution in [-0.4, -0.2) is 30.7 Å². The summed E-state index contributed by atoms with van der Waals surface area (Å²) in [7, 11) is 1.64. The molecule has 0 unspecified atom stereocenters. The van der Waals surface area contributed by atoms with E-state index in [2.05, 4.69) is 6.92 Å². The van der Waals surface area contributed by atoms with Gasteiger partial charge < -0.3 is 9.64 Å². The molecule has 0 aliphatic carbocycles. The Bertz CT molecular complexity index is 245. The van der Waals surface area contributed by atoms with E-state index in [0.29, 0.717) is 0 Å². The SMILES string of the molecule is CCCN1C(=O)C(C)=C(C)[C@H]1OC. The summed E-state index contributed by atoms with van der Waals surface area (Å²) in [4.78, 5) is 13.4. The number of hydrogen-bond acceptors (Lipinski definition) is 2. The lowest BCUT2D eigenvalue weighted by Gasteiger charge is -2.24. The molecule has 3 heteroatoms. The summed E-state index contributed by atoms with van der Waals surface area (Å²) in [6, 6.07) is 0. The molecule has 1 heterocycles. The molecular weight excluding hydrogens is 166 g/mol. The molecule has 0 radical (unpaired) electrons. The molecule has 0 saturated carbocycles. The van der Waals surface area contributed by atoms with Gasteiger partial charge in [-0.2, -0.15) is 0 Å². The van der Waals surface area contributed by atoms with Crippen LogP contribution < -0.4 is 0 Å². The fraction of sp³-hybridized carbons (Fsp3) is 0.700. The van der Waals surface area contributed by atoms with Gasteiger partial charge in [0.05, 0.1) is 0 Å². The van der Waals surface area contributed by atoms with Gasteiger partial charge in [-0.15, -0.1) is 0 Å². The third kappa shape index (κ3) is 1.61. The van der Waals surface area contributed by atoms with Crippen molar-refractivity contribution in [2.75, 3.05) is 13.7 Å². The summed E-state index contributed by atoms with van der Waals surface area (Å²) in [6.07, 6.45) is 0.832. The predicted molar refractivity (Wildman–Crippen MR) is 51.2 cm³/mol. The van der Waals surface area contributed by atoms with Gasteiger partial charge in [0.15, 0.2) is 6.23 Å². The molecule has 0 saturated heterocycles. The van der Waals surface area contributed by atoms with Crippen molar-refractivity contribution >= 4 is 5.91 Å². The van der Waals surface area contributed by atoms with Crippen molar-refractivity contribution in [1.29, 1.82) is 0 Å². The van der Waals surface area contributed by atoms with E-state index in [4.69, 9.17) is 4.74 Å². The second-order valence-corrected chi connectivity index (χ2v) is 3.39. The van der Waals surface area contributed by atoms with Crippen LogP contribution in [0, 0.1) is 0 Å². The van der Waals surface area contributed by atoms with Crippen molar-refractivity contribution in [3.63, 3.8) is 0 Å². The monoisotopic (exact) mass is 183 g/mol. The first-order valence-electron chi connectivity index (χ1n) is 4.64. The van der Waals surface area contributed by atoms with Crippen molar-refractivity contribution in [1.82, 2.24) is 4.90 Å². The zero-order chi connectivity index (χ0) is 10.0. The van der Waals surface area contributed by atoms with Gasteiger partial charge in [-0.05, 0) is 25.8 Å². The minimum absolute atomic E-state index is 0.117. The van der Waals surface area contributed by atoms with Crippen molar-refractivity contribution in [2.45, 2.75) is 33.4 Å². The Morgan fingerprint density at radius 1 is 1.46 bits per heavy atom. The number of carbonyl (C=O) groups excluding carboxylic acids is 1. The molecule has 0 N–H and O–H groups in total. The highest BCUT2D eigenvalue weighted by Crippen LogP contribution is 2.25. The van der Waals surface area contributed by atoms with E-state index in [-0.39, 0.29) is 12.1 Å². The lowest BCUT2D eigenvalue weighted by Crippen LogP contribution is -2.37. The number of hydrogen-bond donors (Lipinski definition) is 0. The molecule has 0 bridgehead atoms. The normalized spacial score (nSPS) is 23.2. The van der Waals surface area contributed by atoms with E-state index in [1.54, 1.807) is 12.0 Å². The van der Waals surface area contributed by atoms with Crippen LogP contribution in [0.25, 0.3) is 0 Å². The van der Waals surface area contributed by atoms with Crippen molar-refractivity contribution < 1.29 is 9.53 Å². The number of methoxy groups -OCH3 is 1. The second kappa shape index (κ2) is 3.92. The fourth-order valence-corrected chi connectivity index (χ4v) is 1.67. The molecule has 0 aromatic heterocycles. The Labute approximate surface area is 79.4 Å². The molecule has 0 fully saturated rings. The molecule has 1 aliphatic heterocycles. The van der Waals surface area contributed by atoms with Crippen LogP contribution in [0.4, 0.5) is 0 Å². The van der Waals surface area contributed by atoms with Gasteiger partial charge in [-0.3, -0.25) is 4.79 Å². The number of nitrogens with zero attached hydrogens (tertiary/aromatic N) is 1. The minimum atomic E-state index is -0.132. The summed E-state index contributed by atoms with van der Waals surface area (Å²) in [5.74, 6) is 0.117. The van der Waals surface area contributed by atoms with Crippen molar-refractivity contribution in [2.24, 2.45) is 0 Å². The highest BCUT2D eigenvalue weighted by atomic mass is 16.5. The molecule has 74 valence electrons. The van der Waals surface area contributed by atoms with Crippen LogP contribution in [-0.2, 0) is 9.53 Å². The van der Waals surface area contributed by atoms with Gasteiger partial charge in [0.2, 0.25) is 0 Å². The Morgan fingerprint density at radius 2 is 2.08 bits per heavy atom. The smallest absolute Gasteiger partial charge is 0.251 e. The summed E-state index contributed by atoms with van der Waals surface area (Å²) in [5, 5.41) is 0. The summed E-state index contributed by atoms with van der Waals surface area (Å²) < 4.78 is 5.28. The first-order chi connectivity index (χ1) is 6.13. The third-order valence-corrected chi connectivity index (χ3v) is 2.51. The highest BCUT2D eigenvalue weighted by molar-refractivity contribution is 5.96. The topological polar surface area (TPSA) is 29.5 Å². The largest absolute Gasteiger partial charge is 0.358 e. The van der Waals surface area contributed by atoms with Crippen molar-refractivity contribution in [3.05, 3.63) is 11.1 Å². The van der Waals surface area contributed by atoms with Crippen LogP contribution in [0.1, 0.15) is 27.2 Å². The first kappa shape index (κ1) is 10.3. The summed E-state index contributed by atoms with van der Waals surface area (Å²) in [5.41, 5.74) is 1.88. The minimum Gasteiger partial charge on any atom is -0.358 e. The molecular formula is C10H17NO2. The fourth-order valence-electron chi connectivity index (χ4n) is 1.67. The Balaban J connectivity index is 2.85. The quantitative estimate of drug-likeness (QED) is 0.664. The maximum absolute atomic E-state index is 11.7. The van der Waals surface area contributed by atoms with E-state index in [1.807, 2.05) is 13.8 Å². The zero-order valence-electron chi connectivity index (χ0n) is 8.76. The maximum atomic E-state index is 11.7. The summed E-state index contributed by atoms with van der Waals surface area (Å²) in [6.45, 7) is 6.64. The Kier molecular flexibility index (Phi) is 3.09. The van der Waals surface area contributed by atoms with Gasteiger partial charge in [0.25, 0.3) is 5.91 Å². The predicted octanol–water partition coefficient (Wildman–Crippen LogP) is 1.55. The van der Waals surface area contributed by atoms with Gasteiger partial charge in [0.1, 0.15) is 0 Å². The summed E-state index contributed by atoms with van der Waals surface area (Å²) >= 11 is 0. The van der Waals surface area contributed by atoms with Gasteiger partial charge in [-0.1, -0.05) is 6.92 Å².